The summed E-state index contributed by atoms with van der Waals surface area (Å²) in [5.41, 5.74) is 7.19. The van der Waals surface area contributed by atoms with Crippen molar-refractivity contribution in [3.63, 3.8) is 0 Å². The van der Waals surface area contributed by atoms with Crippen molar-refractivity contribution in [3.05, 3.63) is 65.1 Å². The van der Waals surface area contributed by atoms with Crippen LogP contribution in [-0.2, 0) is 0 Å². The van der Waals surface area contributed by atoms with Crippen LogP contribution in [-0.4, -0.2) is 33.3 Å². The Hall–Kier alpha value is -2.95. The average molecular weight is 359 g/mol. The Bertz CT molecular complexity index is 955. The first-order valence-electron chi connectivity index (χ1n) is 9.43. The van der Waals surface area contributed by atoms with Crippen LogP contribution in [0.1, 0.15) is 42.9 Å². The highest BCUT2D eigenvalue weighted by molar-refractivity contribution is 5.66. The summed E-state index contributed by atoms with van der Waals surface area (Å²) in [4.78, 5) is 11.6. The monoisotopic (exact) mass is 359 g/mol. The van der Waals surface area contributed by atoms with E-state index in [1.165, 1.54) is 22.3 Å². The maximum atomic E-state index is 4.85. The van der Waals surface area contributed by atoms with E-state index in [-0.39, 0.29) is 0 Å². The lowest BCUT2D eigenvalue weighted by molar-refractivity contribution is 0.773. The van der Waals surface area contributed by atoms with E-state index in [9.17, 15) is 0 Å². The molecule has 1 fully saturated rings. The van der Waals surface area contributed by atoms with Gasteiger partial charge in [-0.05, 0) is 56.0 Å². The minimum absolute atomic E-state index is 0.488. The molecule has 0 aliphatic carbocycles. The van der Waals surface area contributed by atoms with Crippen molar-refractivity contribution in [2.45, 2.75) is 33.1 Å². The third-order valence-electron chi connectivity index (χ3n) is 5.11. The van der Waals surface area contributed by atoms with E-state index in [4.69, 9.17) is 4.98 Å². The molecule has 0 amide bonds. The van der Waals surface area contributed by atoms with Crippen molar-refractivity contribution in [2.75, 3.05) is 18.0 Å². The molecule has 138 valence electrons. The first-order chi connectivity index (χ1) is 13.1. The van der Waals surface area contributed by atoms with Crippen molar-refractivity contribution >= 4 is 12.0 Å². The second-order valence-corrected chi connectivity index (χ2v) is 7.50. The minimum Gasteiger partial charge on any atom is -0.340 e. The normalized spacial score (nSPS) is 16.6. The lowest BCUT2D eigenvalue weighted by Crippen LogP contribution is -2.21. The average Bonchev–Trinajstić information content (AvgIpc) is 3.35. The second kappa shape index (κ2) is 7.35. The molecule has 27 heavy (non-hydrogen) atoms. The molecule has 1 aromatic carbocycles. The van der Waals surface area contributed by atoms with Crippen molar-refractivity contribution in [1.82, 2.24) is 20.2 Å². The first-order valence-corrected chi connectivity index (χ1v) is 9.43. The number of allylic oxidation sites excluding steroid dienone is 1. The van der Waals surface area contributed by atoms with Crippen LogP contribution in [0.5, 0.6) is 0 Å². The van der Waals surface area contributed by atoms with Gasteiger partial charge in [0.25, 0.3) is 0 Å². The predicted molar refractivity (Wildman–Crippen MR) is 110 cm³/mol. The van der Waals surface area contributed by atoms with E-state index in [0.717, 1.165) is 36.7 Å². The Morgan fingerprint density at radius 3 is 2.89 bits per heavy atom. The number of aryl methyl sites for hydroxylation is 1. The van der Waals surface area contributed by atoms with Gasteiger partial charge in [0.1, 0.15) is 0 Å². The molecule has 0 bridgehead atoms. The molecule has 0 spiro atoms. The molecule has 5 heteroatoms. The summed E-state index contributed by atoms with van der Waals surface area (Å²) in [7, 11) is 0. The van der Waals surface area contributed by atoms with Crippen LogP contribution in [0.4, 0.5) is 5.95 Å². The molecule has 0 radical (unpaired) electrons. The van der Waals surface area contributed by atoms with E-state index in [0.29, 0.717) is 5.92 Å². The zero-order valence-electron chi connectivity index (χ0n) is 16.1. The maximum absolute atomic E-state index is 4.85. The van der Waals surface area contributed by atoms with E-state index in [1.807, 2.05) is 24.7 Å². The molecule has 4 rings (SSSR count). The number of nitrogens with zero attached hydrogens (tertiary/aromatic N) is 4. The predicted octanol–water partition coefficient (Wildman–Crippen LogP) is 4.59. The third kappa shape index (κ3) is 3.77. The van der Waals surface area contributed by atoms with Gasteiger partial charge in [-0.1, -0.05) is 23.8 Å². The van der Waals surface area contributed by atoms with Gasteiger partial charge >= 0.3 is 0 Å². The van der Waals surface area contributed by atoms with Gasteiger partial charge < -0.3 is 4.90 Å². The van der Waals surface area contributed by atoms with Gasteiger partial charge in [0.15, 0.2) is 0 Å². The highest BCUT2D eigenvalue weighted by Gasteiger charge is 2.26. The molecule has 1 N–H and O–H groups in total. The van der Waals surface area contributed by atoms with Crippen molar-refractivity contribution < 1.29 is 0 Å². The fraction of sp³-hybridized carbons (Fsp3) is 0.318. The summed E-state index contributed by atoms with van der Waals surface area (Å²) in [5.74, 6) is 1.30. The summed E-state index contributed by atoms with van der Waals surface area (Å²) >= 11 is 0. The van der Waals surface area contributed by atoms with Crippen LogP contribution >= 0.6 is 0 Å². The number of benzene rings is 1. The van der Waals surface area contributed by atoms with E-state index < -0.39 is 0 Å². The molecule has 2 aromatic heterocycles. The molecule has 3 heterocycles. The zero-order chi connectivity index (χ0) is 18.8. The van der Waals surface area contributed by atoms with E-state index in [1.54, 1.807) is 0 Å². The van der Waals surface area contributed by atoms with Gasteiger partial charge in [-0.15, -0.1) is 0 Å². The summed E-state index contributed by atoms with van der Waals surface area (Å²) in [6.07, 6.45) is 9.08. The topological polar surface area (TPSA) is 57.7 Å². The molecule has 0 saturated carbocycles. The van der Waals surface area contributed by atoms with Crippen molar-refractivity contribution in [3.8, 4) is 11.3 Å². The summed E-state index contributed by atoms with van der Waals surface area (Å²) < 4.78 is 0. The summed E-state index contributed by atoms with van der Waals surface area (Å²) in [5, 5.41) is 6.98. The minimum atomic E-state index is 0.488. The molecular formula is C22H25N5. The fourth-order valence-corrected chi connectivity index (χ4v) is 3.67. The van der Waals surface area contributed by atoms with E-state index >= 15 is 0 Å². The van der Waals surface area contributed by atoms with Crippen LogP contribution in [0.15, 0.2) is 48.4 Å². The lowest BCUT2D eigenvalue weighted by Gasteiger charge is -2.17. The van der Waals surface area contributed by atoms with Gasteiger partial charge in [-0.3, -0.25) is 5.10 Å². The number of anilines is 1. The second-order valence-electron chi connectivity index (χ2n) is 7.50. The number of rotatable bonds is 4. The fourth-order valence-electron chi connectivity index (χ4n) is 3.67. The molecular weight excluding hydrogens is 334 g/mol. The highest BCUT2D eigenvalue weighted by atomic mass is 15.3. The van der Waals surface area contributed by atoms with Crippen LogP contribution in [0.25, 0.3) is 17.3 Å². The highest BCUT2D eigenvalue weighted by Crippen LogP contribution is 2.30. The number of hydrogen-bond donors (Lipinski definition) is 1. The summed E-state index contributed by atoms with van der Waals surface area (Å²) in [6.45, 7) is 8.30. The number of aromatic amines is 1. The first kappa shape index (κ1) is 17.5. The lowest BCUT2D eigenvalue weighted by atomic mass is 10.0. The van der Waals surface area contributed by atoms with Crippen LogP contribution < -0.4 is 4.90 Å². The Kier molecular flexibility index (Phi) is 4.75. The van der Waals surface area contributed by atoms with Gasteiger partial charge in [0, 0.05) is 37.0 Å². The Labute approximate surface area is 160 Å². The molecule has 1 aliphatic rings. The van der Waals surface area contributed by atoms with Crippen LogP contribution in [0, 0.1) is 6.92 Å². The van der Waals surface area contributed by atoms with Gasteiger partial charge in [0.2, 0.25) is 5.95 Å². The number of nitrogens with one attached hydrogen (secondary N) is 1. The van der Waals surface area contributed by atoms with Crippen LogP contribution in [0.3, 0.4) is 0 Å². The molecule has 1 aliphatic heterocycles. The van der Waals surface area contributed by atoms with Gasteiger partial charge in [0.05, 0.1) is 11.9 Å². The molecule has 1 unspecified atom stereocenters. The quantitative estimate of drug-likeness (QED) is 0.740. The van der Waals surface area contributed by atoms with Crippen molar-refractivity contribution in [1.29, 1.82) is 0 Å². The smallest absolute Gasteiger partial charge is 0.225 e. The Balaban J connectivity index is 1.56. The number of aromatic nitrogens is 4. The van der Waals surface area contributed by atoms with Crippen molar-refractivity contribution in [2.24, 2.45) is 0 Å². The van der Waals surface area contributed by atoms with Gasteiger partial charge in [-0.2, -0.15) is 5.10 Å². The molecule has 5 nitrogen and oxygen atoms in total. The zero-order valence-corrected chi connectivity index (χ0v) is 16.1. The van der Waals surface area contributed by atoms with Gasteiger partial charge in [-0.25, -0.2) is 9.97 Å². The standard InChI is InChI=1S/C22H25N5/c1-15(2)10-17-4-5-18(11-16(17)3)21-6-8-23-22(26-21)27-9-7-19(14-27)20-12-24-25-13-20/h4-6,8,10-13,19H,7,9,14H2,1-3H3,(H,24,25). The maximum Gasteiger partial charge on any atom is 0.225 e. The Morgan fingerprint density at radius 1 is 1.26 bits per heavy atom. The third-order valence-corrected chi connectivity index (χ3v) is 5.11. The summed E-state index contributed by atoms with van der Waals surface area (Å²) in [6, 6.07) is 8.51. The van der Waals surface area contributed by atoms with Crippen LogP contribution in [0.2, 0.25) is 0 Å². The van der Waals surface area contributed by atoms with E-state index in [2.05, 4.69) is 65.1 Å². The largest absolute Gasteiger partial charge is 0.340 e. The SMILES string of the molecule is CC(C)=Cc1ccc(-c2ccnc(N3CCC(c4cn[nH]c4)C3)n2)cc1C. The molecule has 3 aromatic rings. The number of hydrogen-bond acceptors (Lipinski definition) is 4. The Morgan fingerprint density at radius 2 is 2.15 bits per heavy atom. The molecule has 1 atom stereocenters. The molecule has 1 saturated heterocycles. The number of H-pyrrole nitrogens is 1.